The molecule has 4 heteroatoms. The van der Waals surface area contributed by atoms with E-state index in [0.717, 1.165) is 18.5 Å². The second-order valence-electron chi connectivity index (χ2n) is 6.19. The Morgan fingerprint density at radius 3 is 2.61 bits per heavy atom. The van der Waals surface area contributed by atoms with Gasteiger partial charge in [-0.3, -0.25) is 4.79 Å². The molecule has 0 fully saturated rings. The number of carbonyl (C=O) groups is 1. The normalized spacial score (nSPS) is 12.2. The lowest BCUT2D eigenvalue weighted by atomic mass is 10.1. The first-order chi connectivity index (χ1) is 10.9. The second-order valence-corrected chi connectivity index (χ2v) is 7.65. The van der Waals surface area contributed by atoms with E-state index in [1.807, 2.05) is 29.5 Å². The van der Waals surface area contributed by atoms with Crippen LogP contribution in [0.25, 0.3) is 0 Å². The van der Waals surface area contributed by atoms with Gasteiger partial charge < -0.3 is 10.2 Å². The highest BCUT2D eigenvalue weighted by atomic mass is 32.1. The minimum Gasteiger partial charge on any atom is -0.345 e. The van der Waals surface area contributed by atoms with Crippen LogP contribution in [0.5, 0.6) is 0 Å². The van der Waals surface area contributed by atoms with Crippen molar-refractivity contribution in [3.8, 4) is 0 Å². The van der Waals surface area contributed by atoms with Crippen LogP contribution in [0.1, 0.15) is 44.2 Å². The third-order valence-corrected chi connectivity index (χ3v) is 4.97. The fourth-order valence-corrected chi connectivity index (χ4v) is 3.76. The Morgan fingerprint density at radius 2 is 2.00 bits per heavy atom. The molecule has 0 bridgehead atoms. The Hall–Kier alpha value is -1.65. The van der Waals surface area contributed by atoms with Crippen molar-refractivity contribution in [2.45, 2.75) is 33.2 Å². The maximum atomic E-state index is 12.0. The number of nitrogens with zero attached hydrogens (tertiary/aromatic N) is 1. The van der Waals surface area contributed by atoms with Gasteiger partial charge in [0.2, 0.25) is 0 Å². The van der Waals surface area contributed by atoms with Crippen LogP contribution < -0.4 is 5.32 Å². The van der Waals surface area contributed by atoms with Crippen LogP contribution in [0.15, 0.2) is 30.3 Å². The summed E-state index contributed by atoms with van der Waals surface area (Å²) >= 11 is 1.85. The van der Waals surface area contributed by atoms with Crippen molar-refractivity contribution in [1.82, 2.24) is 10.2 Å². The maximum absolute atomic E-state index is 12.0. The Morgan fingerprint density at radius 1 is 1.26 bits per heavy atom. The van der Waals surface area contributed by atoms with Crippen LogP contribution in [-0.4, -0.2) is 31.4 Å². The fourth-order valence-electron chi connectivity index (χ4n) is 2.74. The Labute approximate surface area is 143 Å². The van der Waals surface area contributed by atoms with Crippen LogP contribution >= 0.6 is 11.3 Å². The number of aryl methyl sites for hydroxylation is 2. The average molecular weight is 330 g/mol. The molecule has 2 rings (SSSR count). The number of hydrogen-bond acceptors (Lipinski definition) is 3. The van der Waals surface area contributed by atoms with E-state index in [-0.39, 0.29) is 5.91 Å². The van der Waals surface area contributed by atoms with Gasteiger partial charge in [-0.25, -0.2) is 0 Å². The number of rotatable bonds is 6. The lowest BCUT2D eigenvalue weighted by Crippen LogP contribution is -2.23. The number of hydrogen-bond donors (Lipinski definition) is 1. The molecule has 3 nitrogen and oxygen atoms in total. The standard InChI is InChI=1S/C19H26N2OS/c1-13-11-18(15(3)23-13)14(2)20-10-9-16-7-6-8-17(12-16)19(22)21(4)5/h6-8,11-12,14,20H,9-10H2,1-5H3/t14-/m1/s1. The van der Waals surface area contributed by atoms with Gasteiger partial charge in [-0.15, -0.1) is 11.3 Å². The van der Waals surface area contributed by atoms with E-state index in [0.29, 0.717) is 6.04 Å². The molecule has 0 spiro atoms. The second kappa shape index (κ2) is 7.75. The van der Waals surface area contributed by atoms with E-state index in [2.05, 4.69) is 38.2 Å². The first-order valence-corrected chi connectivity index (χ1v) is 8.81. The molecule has 0 radical (unpaired) electrons. The van der Waals surface area contributed by atoms with Crippen molar-refractivity contribution in [3.63, 3.8) is 0 Å². The van der Waals surface area contributed by atoms with Gasteiger partial charge in [0, 0.05) is 35.5 Å². The van der Waals surface area contributed by atoms with Crippen LogP contribution in [0.2, 0.25) is 0 Å². The van der Waals surface area contributed by atoms with Crippen molar-refractivity contribution in [2.75, 3.05) is 20.6 Å². The third-order valence-electron chi connectivity index (χ3n) is 3.99. The maximum Gasteiger partial charge on any atom is 0.253 e. The summed E-state index contributed by atoms with van der Waals surface area (Å²) in [4.78, 5) is 16.4. The molecule has 23 heavy (non-hydrogen) atoms. The summed E-state index contributed by atoms with van der Waals surface area (Å²) in [5, 5.41) is 3.58. The highest BCUT2D eigenvalue weighted by Gasteiger charge is 2.11. The van der Waals surface area contributed by atoms with Gasteiger partial charge in [0.05, 0.1) is 0 Å². The molecule has 0 unspecified atom stereocenters. The summed E-state index contributed by atoms with van der Waals surface area (Å²) in [6.07, 6.45) is 0.918. The summed E-state index contributed by atoms with van der Waals surface area (Å²) in [6, 6.07) is 10.5. The largest absolute Gasteiger partial charge is 0.345 e. The zero-order valence-electron chi connectivity index (χ0n) is 14.6. The molecule has 0 aliphatic rings. The Bertz CT molecular complexity index is 676. The van der Waals surface area contributed by atoms with Crippen LogP contribution in [0, 0.1) is 13.8 Å². The van der Waals surface area contributed by atoms with E-state index in [1.165, 1.54) is 20.9 Å². The molecule has 2 aromatic rings. The quantitative estimate of drug-likeness (QED) is 0.869. The van der Waals surface area contributed by atoms with Crippen molar-refractivity contribution >= 4 is 17.2 Å². The summed E-state index contributed by atoms with van der Waals surface area (Å²) in [7, 11) is 3.56. The number of benzene rings is 1. The number of thiophene rings is 1. The lowest BCUT2D eigenvalue weighted by molar-refractivity contribution is 0.0827. The zero-order chi connectivity index (χ0) is 17.0. The molecule has 0 saturated carbocycles. The molecule has 1 heterocycles. The lowest BCUT2D eigenvalue weighted by Gasteiger charge is -2.14. The van der Waals surface area contributed by atoms with Gasteiger partial charge >= 0.3 is 0 Å². The van der Waals surface area contributed by atoms with Gasteiger partial charge in [0.1, 0.15) is 0 Å². The molecule has 1 aromatic carbocycles. The van der Waals surface area contributed by atoms with E-state index in [1.54, 1.807) is 19.0 Å². The van der Waals surface area contributed by atoms with Crippen molar-refractivity contribution in [1.29, 1.82) is 0 Å². The van der Waals surface area contributed by atoms with E-state index in [9.17, 15) is 4.79 Å². The minimum absolute atomic E-state index is 0.0533. The summed E-state index contributed by atoms with van der Waals surface area (Å²) < 4.78 is 0. The molecule has 0 aliphatic heterocycles. The third kappa shape index (κ3) is 4.66. The number of amides is 1. The van der Waals surface area contributed by atoms with Gasteiger partial charge in [-0.1, -0.05) is 12.1 Å². The molecular weight excluding hydrogens is 304 g/mol. The molecule has 124 valence electrons. The molecule has 1 N–H and O–H groups in total. The summed E-state index contributed by atoms with van der Waals surface area (Å²) in [6.45, 7) is 7.44. The Balaban J connectivity index is 1.92. The highest BCUT2D eigenvalue weighted by Crippen LogP contribution is 2.26. The van der Waals surface area contributed by atoms with E-state index < -0.39 is 0 Å². The SMILES string of the molecule is Cc1cc([C@@H](C)NCCc2cccc(C(=O)N(C)C)c2)c(C)s1. The fraction of sp³-hybridized carbons (Fsp3) is 0.421. The molecule has 1 amide bonds. The zero-order valence-corrected chi connectivity index (χ0v) is 15.5. The van der Waals surface area contributed by atoms with Gasteiger partial charge in [-0.05, 0) is 63.1 Å². The minimum atomic E-state index is 0.0533. The van der Waals surface area contributed by atoms with E-state index >= 15 is 0 Å². The molecule has 1 aromatic heterocycles. The molecule has 0 aliphatic carbocycles. The van der Waals surface area contributed by atoms with Gasteiger partial charge in [-0.2, -0.15) is 0 Å². The summed E-state index contributed by atoms with van der Waals surface area (Å²) in [5.41, 5.74) is 3.34. The van der Waals surface area contributed by atoms with Gasteiger partial charge in [0.15, 0.2) is 0 Å². The smallest absolute Gasteiger partial charge is 0.253 e. The monoisotopic (exact) mass is 330 g/mol. The predicted octanol–water partition coefficient (Wildman–Crippen LogP) is 3.96. The number of carbonyl (C=O) groups excluding carboxylic acids is 1. The average Bonchev–Trinajstić information content (AvgIpc) is 2.85. The van der Waals surface area contributed by atoms with Crippen LogP contribution in [0.4, 0.5) is 0 Å². The molecular formula is C19H26N2OS. The van der Waals surface area contributed by atoms with Crippen molar-refractivity contribution in [3.05, 3.63) is 56.8 Å². The first kappa shape index (κ1) is 17.7. The molecule has 1 atom stereocenters. The van der Waals surface area contributed by atoms with Crippen LogP contribution in [-0.2, 0) is 6.42 Å². The first-order valence-electron chi connectivity index (χ1n) is 7.99. The molecule has 0 saturated heterocycles. The van der Waals surface area contributed by atoms with Crippen molar-refractivity contribution < 1.29 is 4.79 Å². The van der Waals surface area contributed by atoms with Crippen molar-refractivity contribution in [2.24, 2.45) is 0 Å². The summed E-state index contributed by atoms with van der Waals surface area (Å²) in [5.74, 6) is 0.0533. The van der Waals surface area contributed by atoms with E-state index in [4.69, 9.17) is 0 Å². The van der Waals surface area contributed by atoms with Crippen LogP contribution in [0.3, 0.4) is 0 Å². The topological polar surface area (TPSA) is 32.3 Å². The van der Waals surface area contributed by atoms with Gasteiger partial charge in [0.25, 0.3) is 5.91 Å². The predicted molar refractivity (Wildman–Crippen MR) is 98.4 cm³/mol. The number of nitrogens with one attached hydrogen (secondary N) is 1. The highest BCUT2D eigenvalue weighted by molar-refractivity contribution is 7.12. The Kier molecular flexibility index (Phi) is 5.97.